The number of nitrogens with two attached hydrogens (primary N) is 1. The number of carbonyl (C=O) groups is 1. The average Bonchev–Trinajstić information content (AvgIpc) is 2.37. The molecule has 0 aromatic heterocycles. The molecule has 0 aliphatic heterocycles. The first-order valence-electron chi connectivity index (χ1n) is 7.41. The van der Waals surface area contributed by atoms with Crippen molar-refractivity contribution in [1.82, 2.24) is 5.32 Å². The Kier molecular flexibility index (Phi) is 7.15. The minimum Gasteiger partial charge on any atom is -0.481 e. The van der Waals surface area contributed by atoms with E-state index in [-0.39, 0.29) is 17.8 Å². The fourth-order valence-electron chi connectivity index (χ4n) is 1.97. The maximum absolute atomic E-state index is 13.6. The minimum atomic E-state index is -0.660. The second-order valence-electron chi connectivity index (χ2n) is 5.38. The van der Waals surface area contributed by atoms with Crippen molar-refractivity contribution in [2.24, 2.45) is 5.73 Å². The molecule has 2 atom stereocenters. The molecule has 0 radical (unpaired) electrons. The van der Waals surface area contributed by atoms with Crippen LogP contribution in [0, 0.1) is 5.82 Å². The molecule has 21 heavy (non-hydrogen) atoms. The Hall–Kier alpha value is -1.62. The highest BCUT2D eigenvalue weighted by Gasteiger charge is 2.15. The topological polar surface area (TPSA) is 64.3 Å². The summed E-state index contributed by atoms with van der Waals surface area (Å²) in [4.78, 5) is 11.8. The van der Waals surface area contributed by atoms with E-state index in [0.717, 1.165) is 18.4 Å². The molecule has 118 valence electrons. The minimum absolute atomic E-state index is 0.0607. The number of hydrogen-bond donors (Lipinski definition) is 2. The number of carbonyl (C=O) groups excluding carboxylic acids is 1. The van der Waals surface area contributed by atoms with Gasteiger partial charge in [-0.05, 0) is 44.4 Å². The van der Waals surface area contributed by atoms with Gasteiger partial charge in [-0.15, -0.1) is 0 Å². The molecule has 0 heterocycles. The van der Waals surface area contributed by atoms with E-state index in [9.17, 15) is 9.18 Å². The van der Waals surface area contributed by atoms with Crippen LogP contribution in [-0.2, 0) is 11.2 Å². The summed E-state index contributed by atoms with van der Waals surface area (Å²) < 4.78 is 19.1. The van der Waals surface area contributed by atoms with Gasteiger partial charge in [-0.1, -0.05) is 13.3 Å². The molecule has 0 saturated carbocycles. The smallest absolute Gasteiger partial charge is 0.260 e. The second kappa shape index (κ2) is 8.62. The van der Waals surface area contributed by atoms with Crippen LogP contribution in [0.25, 0.3) is 0 Å². The van der Waals surface area contributed by atoms with Gasteiger partial charge in [0.1, 0.15) is 11.6 Å². The van der Waals surface area contributed by atoms with Gasteiger partial charge >= 0.3 is 0 Å². The van der Waals surface area contributed by atoms with Crippen LogP contribution in [0.4, 0.5) is 4.39 Å². The zero-order valence-electron chi connectivity index (χ0n) is 13.0. The van der Waals surface area contributed by atoms with Crippen molar-refractivity contribution in [2.45, 2.75) is 52.2 Å². The lowest BCUT2D eigenvalue weighted by atomic mass is 10.1. The van der Waals surface area contributed by atoms with Gasteiger partial charge in [0.2, 0.25) is 0 Å². The molecule has 0 fully saturated rings. The maximum Gasteiger partial charge on any atom is 0.260 e. The summed E-state index contributed by atoms with van der Waals surface area (Å²) in [6.07, 6.45) is 1.84. The van der Waals surface area contributed by atoms with Crippen molar-refractivity contribution >= 4 is 5.91 Å². The van der Waals surface area contributed by atoms with Crippen LogP contribution in [0.3, 0.4) is 0 Å². The third-order valence-corrected chi connectivity index (χ3v) is 3.00. The Bertz CT molecular complexity index is 464. The molecule has 1 rings (SSSR count). The molecule has 0 aliphatic rings. The summed E-state index contributed by atoms with van der Waals surface area (Å²) in [6, 6.07) is 4.37. The molecule has 0 saturated heterocycles. The fraction of sp³-hybridized carbons (Fsp3) is 0.562. The van der Waals surface area contributed by atoms with Gasteiger partial charge in [0.15, 0.2) is 6.10 Å². The Morgan fingerprint density at radius 1 is 1.38 bits per heavy atom. The number of ether oxygens (including phenoxy) is 1. The summed E-state index contributed by atoms with van der Waals surface area (Å²) in [7, 11) is 0. The summed E-state index contributed by atoms with van der Waals surface area (Å²) >= 11 is 0. The quantitative estimate of drug-likeness (QED) is 0.724. The Morgan fingerprint density at radius 3 is 2.71 bits per heavy atom. The van der Waals surface area contributed by atoms with Crippen LogP contribution < -0.4 is 15.8 Å². The van der Waals surface area contributed by atoms with Crippen molar-refractivity contribution in [2.75, 3.05) is 6.54 Å². The predicted octanol–water partition coefficient (Wildman–Crippen LogP) is 2.40. The average molecular weight is 296 g/mol. The monoisotopic (exact) mass is 296 g/mol. The first kappa shape index (κ1) is 17.4. The number of benzene rings is 1. The largest absolute Gasteiger partial charge is 0.481 e. The molecule has 3 N–H and O–H groups in total. The number of hydrogen-bond acceptors (Lipinski definition) is 3. The number of rotatable bonds is 8. The Labute approximate surface area is 125 Å². The summed E-state index contributed by atoms with van der Waals surface area (Å²) in [5, 5.41) is 2.79. The second-order valence-corrected chi connectivity index (χ2v) is 5.38. The molecule has 0 bridgehead atoms. The van der Waals surface area contributed by atoms with E-state index >= 15 is 0 Å². The van der Waals surface area contributed by atoms with E-state index in [1.54, 1.807) is 13.0 Å². The molecule has 1 aromatic rings. The molecule has 0 spiro atoms. The van der Waals surface area contributed by atoms with Crippen molar-refractivity contribution in [3.05, 3.63) is 29.6 Å². The van der Waals surface area contributed by atoms with Crippen molar-refractivity contribution < 1.29 is 13.9 Å². The van der Waals surface area contributed by atoms with E-state index in [2.05, 4.69) is 12.2 Å². The lowest BCUT2D eigenvalue weighted by molar-refractivity contribution is -0.127. The van der Waals surface area contributed by atoms with E-state index in [0.29, 0.717) is 18.7 Å². The molecule has 1 amide bonds. The van der Waals surface area contributed by atoms with Gasteiger partial charge in [-0.2, -0.15) is 0 Å². The Balaban J connectivity index is 2.64. The zero-order valence-corrected chi connectivity index (χ0v) is 13.0. The Morgan fingerprint density at radius 2 is 2.10 bits per heavy atom. The van der Waals surface area contributed by atoms with Gasteiger partial charge in [0, 0.05) is 18.7 Å². The van der Waals surface area contributed by atoms with Crippen molar-refractivity contribution in [1.29, 1.82) is 0 Å². The van der Waals surface area contributed by atoms with Gasteiger partial charge in [0.05, 0.1) is 0 Å². The molecule has 4 nitrogen and oxygen atoms in total. The van der Waals surface area contributed by atoms with E-state index in [1.165, 1.54) is 12.1 Å². The lowest BCUT2D eigenvalue weighted by Gasteiger charge is -2.16. The molecule has 0 aliphatic carbocycles. The van der Waals surface area contributed by atoms with Crippen molar-refractivity contribution in [3.8, 4) is 5.75 Å². The first-order valence-corrected chi connectivity index (χ1v) is 7.41. The van der Waals surface area contributed by atoms with Crippen LogP contribution in [0.1, 0.15) is 39.2 Å². The van der Waals surface area contributed by atoms with Gasteiger partial charge < -0.3 is 15.8 Å². The normalized spacial score (nSPS) is 13.6. The van der Waals surface area contributed by atoms with E-state index < -0.39 is 6.10 Å². The first-order chi connectivity index (χ1) is 9.92. The standard InChI is InChI=1S/C16H25FN2O2/c1-4-5-6-19-16(20)12(3)21-15-9-13(7-11(2)18)8-14(17)10-15/h8-12H,4-7,18H2,1-3H3,(H,19,20). The fourth-order valence-corrected chi connectivity index (χ4v) is 1.97. The molecular weight excluding hydrogens is 271 g/mol. The van der Waals surface area contributed by atoms with Crippen LogP contribution in [0.15, 0.2) is 18.2 Å². The van der Waals surface area contributed by atoms with Crippen LogP contribution in [-0.4, -0.2) is 24.6 Å². The van der Waals surface area contributed by atoms with Gasteiger partial charge in [-0.25, -0.2) is 4.39 Å². The van der Waals surface area contributed by atoms with E-state index in [4.69, 9.17) is 10.5 Å². The number of nitrogens with one attached hydrogen (secondary N) is 1. The van der Waals surface area contributed by atoms with Crippen LogP contribution in [0.2, 0.25) is 0 Å². The maximum atomic E-state index is 13.6. The summed E-state index contributed by atoms with van der Waals surface area (Å²) in [5.41, 5.74) is 6.48. The third kappa shape index (κ3) is 6.58. The highest BCUT2D eigenvalue weighted by molar-refractivity contribution is 5.80. The van der Waals surface area contributed by atoms with Crippen LogP contribution >= 0.6 is 0 Å². The highest BCUT2D eigenvalue weighted by Crippen LogP contribution is 2.19. The summed E-state index contributed by atoms with van der Waals surface area (Å²) in [5.74, 6) is -0.230. The highest BCUT2D eigenvalue weighted by atomic mass is 19.1. The molecule has 1 aromatic carbocycles. The van der Waals surface area contributed by atoms with Crippen molar-refractivity contribution in [3.63, 3.8) is 0 Å². The van der Waals surface area contributed by atoms with Gasteiger partial charge in [-0.3, -0.25) is 4.79 Å². The summed E-state index contributed by atoms with van der Waals surface area (Å²) in [6.45, 7) is 6.19. The molecule has 2 unspecified atom stereocenters. The zero-order chi connectivity index (χ0) is 15.8. The van der Waals surface area contributed by atoms with E-state index in [1.807, 2.05) is 6.92 Å². The number of unbranched alkanes of at least 4 members (excludes halogenated alkanes) is 1. The van der Waals surface area contributed by atoms with Gasteiger partial charge in [0.25, 0.3) is 5.91 Å². The number of amides is 1. The SMILES string of the molecule is CCCCNC(=O)C(C)Oc1cc(F)cc(CC(C)N)c1. The molecular formula is C16H25FN2O2. The van der Waals surface area contributed by atoms with Crippen LogP contribution in [0.5, 0.6) is 5.75 Å². The predicted molar refractivity (Wildman–Crippen MR) is 81.8 cm³/mol. The number of halogens is 1. The third-order valence-electron chi connectivity index (χ3n) is 3.00. The lowest BCUT2D eigenvalue weighted by Crippen LogP contribution is -2.36. The molecule has 5 heteroatoms.